The van der Waals surface area contributed by atoms with Crippen molar-refractivity contribution in [2.24, 2.45) is 5.92 Å². The van der Waals surface area contributed by atoms with Crippen LogP contribution < -0.4 is 4.57 Å². The summed E-state index contributed by atoms with van der Waals surface area (Å²) in [7, 11) is 0. The van der Waals surface area contributed by atoms with Crippen LogP contribution in [-0.4, -0.2) is 4.98 Å². The number of benzene rings is 1. The Morgan fingerprint density at radius 1 is 0.917 bits per heavy atom. The van der Waals surface area contributed by atoms with Crippen LogP contribution in [0.4, 0.5) is 0 Å². The molecule has 2 rings (SSSR count). The van der Waals surface area contributed by atoms with Gasteiger partial charge in [0.25, 0.3) is 0 Å². The minimum atomic E-state index is 0.611. The fourth-order valence-electron chi connectivity index (χ4n) is 3.74. The molecule has 0 fully saturated rings. The molecule has 24 heavy (non-hydrogen) atoms. The molecule has 0 bridgehead atoms. The Hall–Kier alpha value is -1.57. The van der Waals surface area contributed by atoms with Gasteiger partial charge in [-0.1, -0.05) is 76.3 Å². The molecule has 0 saturated carbocycles. The van der Waals surface area contributed by atoms with Gasteiger partial charge in [-0.15, -0.1) is 0 Å². The monoisotopic (exact) mass is 327 g/mol. The zero-order chi connectivity index (χ0) is 17.0. The zero-order valence-electron chi connectivity index (χ0n) is 15.6. The molecule has 0 amide bonds. The highest BCUT2D eigenvalue weighted by molar-refractivity contribution is 5.15. The Kier molecular flexibility index (Phi) is 8.65. The van der Waals surface area contributed by atoms with Gasteiger partial charge >= 0.3 is 0 Å². The number of hydrogen-bond donors (Lipinski definition) is 1. The molecule has 0 aliphatic carbocycles. The SMILES string of the molecule is CCCCCC(Cc1ccccc1)C(CCCCC)[n+]1cc[nH]c1. The summed E-state index contributed by atoms with van der Waals surface area (Å²) in [5.74, 6) is 0.719. The molecule has 2 unspecified atom stereocenters. The lowest BCUT2D eigenvalue weighted by Gasteiger charge is -2.25. The van der Waals surface area contributed by atoms with Gasteiger partial charge in [0.1, 0.15) is 18.4 Å². The third kappa shape index (κ3) is 6.14. The van der Waals surface area contributed by atoms with Crippen LogP contribution in [0.2, 0.25) is 0 Å². The van der Waals surface area contributed by atoms with E-state index in [2.05, 4.69) is 72.5 Å². The van der Waals surface area contributed by atoms with Crippen molar-refractivity contribution >= 4 is 0 Å². The van der Waals surface area contributed by atoms with E-state index in [0.29, 0.717) is 6.04 Å². The average molecular weight is 328 g/mol. The zero-order valence-corrected chi connectivity index (χ0v) is 15.6. The van der Waals surface area contributed by atoms with Crippen molar-refractivity contribution in [2.45, 2.75) is 77.7 Å². The van der Waals surface area contributed by atoms with E-state index >= 15 is 0 Å². The van der Waals surface area contributed by atoms with Crippen LogP contribution in [0.25, 0.3) is 0 Å². The summed E-state index contributed by atoms with van der Waals surface area (Å²) < 4.78 is 2.43. The van der Waals surface area contributed by atoms with Gasteiger partial charge in [0.2, 0.25) is 6.33 Å². The number of rotatable bonds is 12. The molecule has 0 saturated heterocycles. The van der Waals surface area contributed by atoms with Crippen LogP contribution in [-0.2, 0) is 6.42 Å². The van der Waals surface area contributed by atoms with Crippen LogP contribution in [0.5, 0.6) is 0 Å². The topological polar surface area (TPSA) is 19.7 Å². The molecule has 2 atom stereocenters. The Labute approximate surface area is 148 Å². The second-order valence-corrected chi connectivity index (χ2v) is 7.07. The average Bonchev–Trinajstić information content (AvgIpc) is 3.13. The first-order valence-corrected chi connectivity index (χ1v) is 9.92. The Morgan fingerprint density at radius 3 is 2.25 bits per heavy atom. The van der Waals surface area contributed by atoms with E-state index in [1.165, 1.54) is 63.4 Å². The highest BCUT2D eigenvalue weighted by Gasteiger charge is 2.26. The van der Waals surface area contributed by atoms with Gasteiger partial charge in [0.15, 0.2) is 0 Å². The summed E-state index contributed by atoms with van der Waals surface area (Å²) in [6, 6.07) is 11.7. The molecule has 2 nitrogen and oxygen atoms in total. The summed E-state index contributed by atoms with van der Waals surface area (Å²) in [5.41, 5.74) is 1.48. The maximum atomic E-state index is 3.25. The van der Waals surface area contributed by atoms with Crippen molar-refractivity contribution in [3.05, 3.63) is 54.6 Å². The van der Waals surface area contributed by atoms with E-state index in [1.807, 2.05) is 0 Å². The Bertz CT molecular complexity index is 518. The van der Waals surface area contributed by atoms with Crippen molar-refractivity contribution in [2.75, 3.05) is 0 Å². The third-order valence-corrected chi connectivity index (χ3v) is 5.12. The number of hydrogen-bond acceptors (Lipinski definition) is 0. The molecule has 0 spiro atoms. The van der Waals surface area contributed by atoms with E-state index in [9.17, 15) is 0 Å². The van der Waals surface area contributed by atoms with E-state index < -0.39 is 0 Å². The lowest BCUT2D eigenvalue weighted by Crippen LogP contribution is -2.42. The molecule has 2 heteroatoms. The number of aromatic amines is 1. The second-order valence-electron chi connectivity index (χ2n) is 7.07. The lowest BCUT2D eigenvalue weighted by molar-refractivity contribution is -0.730. The number of nitrogens with zero attached hydrogens (tertiary/aromatic N) is 1. The van der Waals surface area contributed by atoms with Crippen LogP contribution in [0.1, 0.15) is 76.8 Å². The summed E-state index contributed by atoms with van der Waals surface area (Å²) >= 11 is 0. The molecular weight excluding hydrogens is 292 g/mol. The maximum absolute atomic E-state index is 3.25. The summed E-state index contributed by atoms with van der Waals surface area (Å²) in [5, 5.41) is 0. The fourth-order valence-corrected chi connectivity index (χ4v) is 3.74. The van der Waals surface area contributed by atoms with Crippen molar-refractivity contribution in [1.29, 1.82) is 0 Å². The molecule has 2 aromatic rings. The number of H-pyrrole nitrogens is 1. The van der Waals surface area contributed by atoms with Gasteiger partial charge in [0, 0.05) is 5.92 Å². The van der Waals surface area contributed by atoms with Crippen LogP contribution in [0.15, 0.2) is 49.1 Å². The molecule has 132 valence electrons. The summed E-state index contributed by atoms with van der Waals surface area (Å²) in [6.07, 6.45) is 18.2. The largest absolute Gasteiger partial charge is 0.250 e. The first-order valence-electron chi connectivity index (χ1n) is 9.92. The van der Waals surface area contributed by atoms with Gasteiger partial charge in [-0.3, -0.25) is 4.98 Å². The van der Waals surface area contributed by atoms with E-state index in [0.717, 1.165) is 5.92 Å². The second kappa shape index (κ2) is 11.1. The Morgan fingerprint density at radius 2 is 1.62 bits per heavy atom. The fraction of sp³-hybridized carbons (Fsp3) is 0.591. The van der Waals surface area contributed by atoms with E-state index in [1.54, 1.807) is 0 Å². The maximum Gasteiger partial charge on any atom is 0.241 e. The number of nitrogens with one attached hydrogen (secondary N) is 1. The first-order chi connectivity index (χ1) is 11.8. The third-order valence-electron chi connectivity index (χ3n) is 5.12. The van der Waals surface area contributed by atoms with Crippen molar-refractivity contribution in [1.82, 2.24) is 4.98 Å². The highest BCUT2D eigenvalue weighted by atomic mass is 15.1. The van der Waals surface area contributed by atoms with Crippen molar-refractivity contribution in [3.63, 3.8) is 0 Å². The lowest BCUT2D eigenvalue weighted by atomic mass is 9.85. The molecule has 0 aliphatic heterocycles. The summed E-state index contributed by atoms with van der Waals surface area (Å²) in [6.45, 7) is 4.59. The standard InChI is InChI=1S/C22H34N2/c1-3-5-8-14-21(18-20-12-10-7-11-13-20)22(15-9-6-4-2)24-17-16-23-19-24/h7,10-13,16-17,19,21-22H,3-6,8-9,14-15,18H2,1-2H3/p+1. The van der Waals surface area contributed by atoms with Crippen molar-refractivity contribution in [3.8, 4) is 0 Å². The Balaban J connectivity index is 2.12. The van der Waals surface area contributed by atoms with Gasteiger partial charge in [-0.2, -0.15) is 0 Å². The molecule has 1 aromatic heterocycles. The van der Waals surface area contributed by atoms with Gasteiger partial charge in [-0.05, 0) is 31.2 Å². The van der Waals surface area contributed by atoms with E-state index in [4.69, 9.17) is 0 Å². The predicted octanol–water partition coefficient (Wildman–Crippen LogP) is 5.86. The highest BCUT2D eigenvalue weighted by Crippen LogP contribution is 2.28. The molecule has 0 radical (unpaired) electrons. The minimum Gasteiger partial charge on any atom is -0.250 e. The predicted molar refractivity (Wildman–Crippen MR) is 102 cm³/mol. The molecular formula is C22H35N2+. The number of imidazole rings is 1. The molecule has 0 aliphatic rings. The number of aromatic nitrogens is 2. The van der Waals surface area contributed by atoms with Gasteiger partial charge in [-0.25, -0.2) is 4.57 Å². The van der Waals surface area contributed by atoms with Crippen LogP contribution in [0.3, 0.4) is 0 Å². The van der Waals surface area contributed by atoms with Crippen LogP contribution in [0, 0.1) is 5.92 Å². The van der Waals surface area contributed by atoms with Crippen LogP contribution >= 0.6 is 0 Å². The number of unbranched alkanes of at least 4 members (excludes halogenated alkanes) is 4. The molecule has 1 heterocycles. The normalized spacial score (nSPS) is 13.8. The molecule has 1 N–H and O–H groups in total. The van der Waals surface area contributed by atoms with Gasteiger partial charge in [0.05, 0.1) is 0 Å². The minimum absolute atomic E-state index is 0.611. The molecule has 1 aromatic carbocycles. The van der Waals surface area contributed by atoms with E-state index in [-0.39, 0.29) is 0 Å². The quantitative estimate of drug-likeness (QED) is 0.372. The summed E-state index contributed by atoms with van der Waals surface area (Å²) in [4.78, 5) is 3.25. The first kappa shape index (κ1) is 18.8. The van der Waals surface area contributed by atoms with Crippen molar-refractivity contribution < 1.29 is 4.57 Å². The van der Waals surface area contributed by atoms with Gasteiger partial charge < -0.3 is 0 Å². The smallest absolute Gasteiger partial charge is 0.241 e.